The van der Waals surface area contributed by atoms with Gasteiger partial charge in [0.05, 0.1) is 0 Å². The molecular formula is C52H89F5N2O5. The highest BCUT2D eigenvalue weighted by atomic mass is 19.2. The summed E-state index contributed by atoms with van der Waals surface area (Å²) in [5.41, 5.74) is -0.900. The number of nitrogens with one attached hydrogen (secondary N) is 1. The Morgan fingerprint density at radius 2 is 0.781 bits per heavy atom. The van der Waals surface area contributed by atoms with Gasteiger partial charge in [-0.2, -0.15) is 8.78 Å². The van der Waals surface area contributed by atoms with Crippen molar-refractivity contribution in [2.45, 2.75) is 265 Å². The molecule has 0 saturated heterocycles. The van der Waals surface area contributed by atoms with Gasteiger partial charge >= 0.3 is 12.1 Å². The predicted molar refractivity (Wildman–Crippen MR) is 250 cm³/mol. The van der Waals surface area contributed by atoms with Gasteiger partial charge in [0.25, 0.3) is 0 Å². The molecule has 0 aliphatic carbocycles. The summed E-state index contributed by atoms with van der Waals surface area (Å²) in [5, 5.41) is 2.56. The van der Waals surface area contributed by atoms with E-state index >= 15 is 0 Å². The number of hydrogen-bond acceptors (Lipinski definition) is 5. The number of amides is 2. The minimum absolute atomic E-state index is 0.360. The normalized spacial score (nSPS) is 12.1. The Bertz CT molecular complexity index is 1330. The van der Waals surface area contributed by atoms with Gasteiger partial charge in [0, 0.05) is 19.5 Å². The lowest BCUT2D eigenvalue weighted by Crippen LogP contribution is -2.50. The number of unbranched alkanes of at least 4 members (excludes halogenated alkanes) is 30. The smallest absolute Gasteiger partial charge is 0.408 e. The van der Waals surface area contributed by atoms with Gasteiger partial charge in [0.1, 0.15) is 11.6 Å². The molecule has 1 aromatic rings. The van der Waals surface area contributed by atoms with Gasteiger partial charge in [-0.15, -0.1) is 0 Å². The maximum absolute atomic E-state index is 14.3. The van der Waals surface area contributed by atoms with Crippen LogP contribution in [0.2, 0.25) is 0 Å². The lowest BCUT2D eigenvalue weighted by atomic mass is 10.0. The van der Waals surface area contributed by atoms with E-state index in [1.807, 2.05) is 0 Å². The molecule has 1 aromatic carbocycles. The third-order valence-corrected chi connectivity index (χ3v) is 11.9. The molecular weight excluding hydrogens is 828 g/mol. The van der Waals surface area contributed by atoms with Gasteiger partial charge in [-0.25, -0.2) is 18.0 Å². The summed E-state index contributed by atoms with van der Waals surface area (Å²) in [6.45, 7) is 10.4. The van der Waals surface area contributed by atoms with E-state index in [0.29, 0.717) is 13.1 Å². The number of nitrogens with zero attached hydrogens (tertiary/aromatic N) is 1. The highest BCUT2D eigenvalue weighted by Gasteiger charge is 2.31. The summed E-state index contributed by atoms with van der Waals surface area (Å²) in [6, 6.07) is -1.28. The van der Waals surface area contributed by atoms with E-state index in [0.717, 1.165) is 51.4 Å². The molecule has 0 fully saturated rings. The highest BCUT2D eigenvalue weighted by molar-refractivity contribution is 5.86. The fraction of sp³-hybridized carbons (Fsp3) is 0.827. The zero-order chi connectivity index (χ0) is 47.4. The van der Waals surface area contributed by atoms with Crippen molar-refractivity contribution in [2.75, 3.05) is 13.1 Å². The number of carbonyl (C=O) groups excluding carboxylic acids is 3. The number of ether oxygens (including phenoxy) is 2. The van der Waals surface area contributed by atoms with Gasteiger partial charge < -0.3 is 19.7 Å². The molecule has 0 heterocycles. The molecule has 0 spiro atoms. The van der Waals surface area contributed by atoms with E-state index in [1.165, 1.54) is 154 Å². The lowest BCUT2D eigenvalue weighted by molar-refractivity contribution is -0.136. The second kappa shape index (κ2) is 37.2. The fourth-order valence-electron chi connectivity index (χ4n) is 8.06. The SMILES string of the molecule is CCCCCCCCCCCCCCCCCCN(CCCCCCCCCCCCCCCCCC)C(=O)[C@H](CCC(=O)Oc1c(F)c(F)c(F)c(F)c1F)NC(=O)OC(C)(C)C. The van der Waals surface area contributed by atoms with Crippen molar-refractivity contribution < 1.29 is 45.8 Å². The van der Waals surface area contributed by atoms with Crippen molar-refractivity contribution in [2.24, 2.45) is 0 Å². The van der Waals surface area contributed by atoms with Gasteiger partial charge in [-0.3, -0.25) is 9.59 Å². The Hall–Kier alpha value is -2.92. The molecule has 0 aliphatic rings. The molecule has 0 aromatic heterocycles. The monoisotopic (exact) mass is 917 g/mol. The number of carbonyl (C=O) groups is 3. The molecule has 372 valence electrons. The molecule has 0 aliphatic heterocycles. The van der Waals surface area contributed by atoms with Crippen molar-refractivity contribution >= 4 is 18.0 Å². The summed E-state index contributed by atoms with van der Waals surface area (Å²) < 4.78 is 79.7. The Kier molecular flexibility index (Phi) is 34.4. The quantitative estimate of drug-likeness (QED) is 0.0177. The van der Waals surface area contributed by atoms with Gasteiger partial charge in [0.2, 0.25) is 40.7 Å². The third kappa shape index (κ3) is 28.9. The van der Waals surface area contributed by atoms with Crippen molar-refractivity contribution in [1.82, 2.24) is 10.2 Å². The van der Waals surface area contributed by atoms with E-state index < -0.39 is 70.9 Å². The zero-order valence-corrected chi connectivity index (χ0v) is 40.9. The summed E-state index contributed by atoms with van der Waals surface area (Å²) in [5.74, 6) is -15.0. The molecule has 64 heavy (non-hydrogen) atoms. The summed E-state index contributed by atoms with van der Waals surface area (Å²) in [7, 11) is 0. The molecule has 0 unspecified atom stereocenters. The van der Waals surface area contributed by atoms with Gasteiger partial charge in [-0.05, 0) is 40.0 Å². The maximum Gasteiger partial charge on any atom is 0.408 e. The molecule has 1 rings (SSSR count). The van der Waals surface area contributed by atoms with Crippen LogP contribution in [-0.2, 0) is 14.3 Å². The van der Waals surface area contributed by atoms with Crippen molar-refractivity contribution in [3.8, 4) is 5.75 Å². The molecule has 0 saturated carbocycles. The van der Waals surface area contributed by atoms with Crippen LogP contribution in [0, 0.1) is 29.1 Å². The topological polar surface area (TPSA) is 84.9 Å². The molecule has 0 radical (unpaired) electrons. The molecule has 2 amide bonds. The third-order valence-electron chi connectivity index (χ3n) is 11.9. The first-order valence-corrected chi connectivity index (χ1v) is 25.7. The van der Waals surface area contributed by atoms with Crippen LogP contribution < -0.4 is 10.1 Å². The van der Waals surface area contributed by atoms with Crippen LogP contribution in [0.5, 0.6) is 5.75 Å². The first kappa shape index (κ1) is 59.1. The average molecular weight is 917 g/mol. The van der Waals surface area contributed by atoms with Crippen LogP contribution in [0.25, 0.3) is 0 Å². The fourth-order valence-corrected chi connectivity index (χ4v) is 8.06. The Morgan fingerprint density at radius 3 is 1.09 bits per heavy atom. The van der Waals surface area contributed by atoms with Gasteiger partial charge in [0.15, 0.2) is 0 Å². The molecule has 7 nitrogen and oxygen atoms in total. The Balaban J connectivity index is 2.77. The molecule has 0 bridgehead atoms. The van der Waals surface area contributed by atoms with E-state index in [-0.39, 0.29) is 6.42 Å². The minimum Gasteiger partial charge on any atom is -0.444 e. The number of esters is 1. The van der Waals surface area contributed by atoms with E-state index in [4.69, 9.17) is 4.74 Å². The summed E-state index contributed by atoms with van der Waals surface area (Å²) in [6.07, 6.45) is 37.1. The number of hydrogen-bond donors (Lipinski definition) is 1. The lowest BCUT2D eigenvalue weighted by Gasteiger charge is -2.29. The molecule has 1 atom stereocenters. The largest absolute Gasteiger partial charge is 0.444 e. The number of rotatable bonds is 40. The standard InChI is InChI=1S/C52H89F5N2O5/c1-6-8-10-12-14-16-18-20-22-24-26-28-30-32-34-36-40-59(41-37-35-33-31-29-27-25-23-21-19-17-15-13-11-9-7-2)50(61)42(58-51(62)64-52(3,4)5)38-39-43(60)63-49-47(56)45(54)44(53)46(55)48(49)57/h42H,6-41H2,1-5H3,(H,58,62)/t42-/m0/s1. The summed E-state index contributed by atoms with van der Waals surface area (Å²) >= 11 is 0. The van der Waals surface area contributed by atoms with E-state index in [9.17, 15) is 36.3 Å². The maximum atomic E-state index is 14.3. The first-order chi connectivity index (χ1) is 30.7. The minimum atomic E-state index is -2.38. The van der Waals surface area contributed by atoms with Crippen molar-refractivity contribution in [3.05, 3.63) is 29.1 Å². The number of benzene rings is 1. The van der Waals surface area contributed by atoms with Crippen molar-refractivity contribution in [3.63, 3.8) is 0 Å². The van der Waals surface area contributed by atoms with Gasteiger partial charge in [-0.1, -0.05) is 206 Å². The van der Waals surface area contributed by atoms with Crippen molar-refractivity contribution in [1.29, 1.82) is 0 Å². The highest BCUT2D eigenvalue weighted by Crippen LogP contribution is 2.30. The van der Waals surface area contributed by atoms with E-state index in [1.54, 1.807) is 25.7 Å². The second-order valence-corrected chi connectivity index (χ2v) is 19.0. The van der Waals surface area contributed by atoms with Crippen LogP contribution >= 0.6 is 0 Å². The zero-order valence-electron chi connectivity index (χ0n) is 40.9. The molecule has 1 N–H and O–H groups in total. The van der Waals surface area contributed by atoms with Crippen LogP contribution in [0.15, 0.2) is 0 Å². The number of alkyl carbamates (subject to hydrolysis) is 1. The predicted octanol–water partition coefficient (Wildman–Crippen LogP) is 16.3. The van der Waals surface area contributed by atoms with Crippen LogP contribution in [0.1, 0.15) is 253 Å². The van der Waals surface area contributed by atoms with Crippen LogP contribution in [0.4, 0.5) is 26.7 Å². The Labute approximate surface area is 385 Å². The summed E-state index contributed by atoms with van der Waals surface area (Å²) in [4.78, 5) is 41.5. The Morgan fingerprint density at radius 1 is 0.484 bits per heavy atom. The second-order valence-electron chi connectivity index (χ2n) is 19.0. The first-order valence-electron chi connectivity index (χ1n) is 25.7. The number of halogens is 5. The van der Waals surface area contributed by atoms with Crippen LogP contribution in [0.3, 0.4) is 0 Å². The molecule has 12 heteroatoms. The van der Waals surface area contributed by atoms with Crippen LogP contribution in [-0.4, -0.2) is 47.6 Å². The van der Waals surface area contributed by atoms with E-state index in [2.05, 4.69) is 23.9 Å². The average Bonchev–Trinajstić information content (AvgIpc) is 3.25.